The number of hydrogen-bond acceptors (Lipinski definition) is 31. The van der Waals surface area contributed by atoms with Crippen LogP contribution >= 0.6 is 0 Å². The van der Waals surface area contributed by atoms with E-state index in [1.807, 2.05) is 6.92 Å². The molecule has 98 heavy (non-hydrogen) atoms. The van der Waals surface area contributed by atoms with Gasteiger partial charge in [0.25, 0.3) is 0 Å². The Morgan fingerprint density at radius 1 is 0.520 bits per heavy atom. The van der Waals surface area contributed by atoms with Crippen LogP contribution in [0.5, 0.6) is 0 Å². The Morgan fingerprint density at radius 2 is 1.07 bits per heavy atom. The van der Waals surface area contributed by atoms with Gasteiger partial charge < -0.3 is 143 Å². The monoisotopic (exact) mass is 1410 g/mol. The molecule has 0 spiro atoms. The Kier molecular flexibility index (Phi) is 22.2. The number of allylic oxidation sites excluding steroid dienone is 2. The first kappa shape index (κ1) is 76.2. The quantitative estimate of drug-likeness (QED) is 0.0383. The van der Waals surface area contributed by atoms with Gasteiger partial charge in [-0.1, -0.05) is 53.2 Å². The van der Waals surface area contributed by atoms with Crippen molar-refractivity contribution < 1.29 is 158 Å². The predicted molar refractivity (Wildman–Crippen MR) is 325 cm³/mol. The number of aliphatic hydroxyl groups excluding tert-OH is 15. The summed E-state index contributed by atoms with van der Waals surface area (Å²) in [5.74, 6) is -3.85. The molecule has 11 rings (SSSR count). The Bertz CT molecular complexity index is 2850. The number of carbonyl (C=O) groups is 3. The summed E-state index contributed by atoms with van der Waals surface area (Å²) >= 11 is 0. The summed E-state index contributed by atoms with van der Waals surface area (Å²) in [6.07, 6.45) is -41.7. The maximum Gasteiger partial charge on any atom is 0.335 e. The molecule has 0 radical (unpaired) electrons. The molecule has 0 unspecified atom stereocenters. The van der Waals surface area contributed by atoms with Crippen LogP contribution in [0.3, 0.4) is 0 Å². The van der Waals surface area contributed by atoms with E-state index < -0.39 is 255 Å². The summed E-state index contributed by atoms with van der Waals surface area (Å²) in [5, 5.41) is 173. The lowest BCUT2D eigenvalue weighted by atomic mass is 9.33. The van der Waals surface area contributed by atoms with Crippen LogP contribution in [0.4, 0.5) is 0 Å². The summed E-state index contributed by atoms with van der Waals surface area (Å²) < 4.78 is 79.3. The molecule has 16 N–H and O–H groups in total. The van der Waals surface area contributed by atoms with Gasteiger partial charge in [-0.15, -0.1) is 0 Å². The second-order valence-corrected chi connectivity index (χ2v) is 31.4. The molecule has 6 saturated heterocycles. The van der Waals surface area contributed by atoms with Crippen molar-refractivity contribution >= 4 is 17.9 Å². The van der Waals surface area contributed by atoms with Crippen LogP contribution in [0.1, 0.15) is 127 Å². The lowest BCUT2D eigenvalue weighted by molar-refractivity contribution is -0.382. The minimum absolute atomic E-state index is 0.0326. The normalized spacial score (nSPS) is 53.2. The Morgan fingerprint density at radius 3 is 1.70 bits per heavy atom. The molecule has 0 amide bonds. The maximum absolute atomic E-state index is 16.1. The highest BCUT2D eigenvalue weighted by molar-refractivity contribution is 5.79. The lowest BCUT2D eigenvalue weighted by Crippen LogP contribution is -2.68. The number of carboxylic acids is 1. The molecular weight excluding hydrogens is 1300 g/mol. The van der Waals surface area contributed by atoms with Crippen molar-refractivity contribution in [3.05, 3.63) is 11.6 Å². The number of hydrogen-bond donors (Lipinski definition) is 16. The molecule has 0 aromatic rings. The summed E-state index contributed by atoms with van der Waals surface area (Å²) in [6, 6.07) is 0. The fourth-order valence-corrected chi connectivity index (χ4v) is 19.2. The molecule has 0 aromatic heterocycles. The number of carbonyl (C=O) groups excluding carboxylic acids is 2. The van der Waals surface area contributed by atoms with E-state index in [0.717, 1.165) is 12.5 Å². The standard InChI is InChI=1S/C66H104O32/c1-25-47(93-54-43(79)36(72)30(71)23-86-54)42(78)46(82)55(87-25)97-52-51(96-56-44(80)38(74)32(22-68)91-56)48(89-27(3)70)26(2)88-59(52)98-60(85)66-18-16-61(4,5)20-29(66)28-10-11-34-62(6)14-13-35(63(7,24-69)33(62)12-15-65(34,9)64(28,8)17-19-66)92-58-50(41(77)40(76)49(94-58)53(83)84)95-57-45(81)39(75)37(73)31(21-67)90-57/h10,25-26,29-52,54-59,67-69,71-82H,11-24H2,1-9H3,(H,83,84)/t25-,26+,29-,30+,31+,32+,33+,34+,35-,36-,37-,38+,39-,40-,41-,42-,43+,44-,45+,46+,47-,48-,49-,50+,51-,52+,54-,55-,56-,57-,58+,59-,62-,63-,64+,65+,66-/m0/s1. The van der Waals surface area contributed by atoms with E-state index in [0.29, 0.717) is 57.8 Å². The van der Waals surface area contributed by atoms with E-state index in [9.17, 15) is 91.3 Å². The molecule has 6 heterocycles. The zero-order valence-electron chi connectivity index (χ0n) is 56.6. The van der Waals surface area contributed by atoms with Crippen LogP contribution in [0, 0.1) is 50.2 Å². The fraction of sp³-hybridized carbons (Fsp3) is 0.924. The number of ether oxygens (including phenoxy) is 13. The number of aliphatic hydroxyl groups is 15. The van der Waals surface area contributed by atoms with E-state index in [-0.39, 0.29) is 23.7 Å². The van der Waals surface area contributed by atoms with Crippen LogP contribution in [0.2, 0.25) is 0 Å². The van der Waals surface area contributed by atoms with Gasteiger partial charge in [0.1, 0.15) is 104 Å². The van der Waals surface area contributed by atoms with Gasteiger partial charge in [0.05, 0.1) is 50.2 Å². The van der Waals surface area contributed by atoms with Gasteiger partial charge in [0.2, 0.25) is 6.29 Å². The van der Waals surface area contributed by atoms with Gasteiger partial charge in [-0.3, -0.25) is 9.59 Å². The third-order valence-electron chi connectivity index (χ3n) is 25.2. The van der Waals surface area contributed by atoms with Gasteiger partial charge in [0, 0.05) is 12.3 Å². The van der Waals surface area contributed by atoms with Crippen molar-refractivity contribution in [3.8, 4) is 0 Å². The fourth-order valence-electron chi connectivity index (χ4n) is 19.2. The third-order valence-corrected chi connectivity index (χ3v) is 25.2. The molecule has 11 aliphatic rings. The average Bonchev–Trinajstić information content (AvgIpc) is 0.758. The minimum atomic E-state index is -2.09. The van der Waals surface area contributed by atoms with E-state index in [1.165, 1.54) is 13.8 Å². The smallest absolute Gasteiger partial charge is 0.335 e. The van der Waals surface area contributed by atoms with E-state index >= 15 is 4.79 Å². The number of aliphatic carboxylic acids is 1. The molecule has 4 saturated carbocycles. The van der Waals surface area contributed by atoms with Crippen molar-refractivity contribution in [2.45, 2.75) is 305 Å². The number of esters is 2. The van der Waals surface area contributed by atoms with Crippen LogP contribution in [0.25, 0.3) is 0 Å². The largest absolute Gasteiger partial charge is 0.479 e. The van der Waals surface area contributed by atoms with Crippen LogP contribution in [0.15, 0.2) is 11.6 Å². The highest BCUT2D eigenvalue weighted by Crippen LogP contribution is 2.76. The molecule has 32 nitrogen and oxygen atoms in total. The van der Waals surface area contributed by atoms with Gasteiger partial charge in [0.15, 0.2) is 49.8 Å². The topological polar surface area (TPSA) is 495 Å². The molecule has 5 aliphatic carbocycles. The van der Waals surface area contributed by atoms with E-state index in [1.54, 1.807) is 0 Å². The Labute approximate surface area is 566 Å². The summed E-state index contributed by atoms with van der Waals surface area (Å²) in [6.45, 7) is 14.6. The van der Waals surface area contributed by atoms with Crippen molar-refractivity contribution in [2.75, 3.05) is 26.4 Å². The Hall–Kier alpha value is -2.89. The summed E-state index contributed by atoms with van der Waals surface area (Å²) in [4.78, 5) is 41.5. The number of fused-ring (bicyclic) bond motifs is 7. The van der Waals surface area contributed by atoms with Gasteiger partial charge in [-0.25, -0.2) is 4.79 Å². The highest BCUT2D eigenvalue weighted by Gasteiger charge is 2.71. The van der Waals surface area contributed by atoms with E-state index in [4.69, 9.17) is 61.6 Å². The van der Waals surface area contributed by atoms with Crippen LogP contribution in [-0.4, -0.2) is 304 Å². The zero-order valence-corrected chi connectivity index (χ0v) is 56.6. The molecule has 0 bridgehead atoms. The molecule has 32 heteroatoms. The average molecular weight is 1410 g/mol. The van der Waals surface area contributed by atoms with Crippen molar-refractivity contribution in [1.82, 2.24) is 0 Å². The molecule has 10 fully saturated rings. The second kappa shape index (κ2) is 28.5. The highest BCUT2D eigenvalue weighted by atomic mass is 16.8. The van der Waals surface area contributed by atoms with Crippen LogP contribution in [-0.2, 0) is 76.0 Å². The van der Waals surface area contributed by atoms with Crippen molar-refractivity contribution in [1.29, 1.82) is 0 Å². The first-order valence-corrected chi connectivity index (χ1v) is 34.4. The summed E-state index contributed by atoms with van der Waals surface area (Å²) in [7, 11) is 0. The molecule has 0 aromatic carbocycles. The molecule has 6 aliphatic heterocycles. The first-order valence-electron chi connectivity index (χ1n) is 34.4. The first-order chi connectivity index (χ1) is 46.0. The predicted octanol–water partition coefficient (Wildman–Crippen LogP) is -3.42. The van der Waals surface area contributed by atoms with Gasteiger partial charge >= 0.3 is 17.9 Å². The van der Waals surface area contributed by atoms with Crippen molar-refractivity contribution in [3.63, 3.8) is 0 Å². The Balaban J connectivity index is 0.877. The maximum atomic E-state index is 16.1. The van der Waals surface area contributed by atoms with Gasteiger partial charge in [-0.05, 0) is 117 Å². The lowest BCUT2D eigenvalue weighted by Gasteiger charge is -2.71. The summed E-state index contributed by atoms with van der Waals surface area (Å²) in [5.41, 5.74) is -2.98. The molecular formula is C66H104O32. The van der Waals surface area contributed by atoms with Crippen LogP contribution < -0.4 is 0 Å². The molecule has 37 atom stereocenters. The molecule has 560 valence electrons. The van der Waals surface area contributed by atoms with Gasteiger partial charge in [-0.2, -0.15) is 0 Å². The third kappa shape index (κ3) is 13.0. The van der Waals surface area contributed by atoms with Crippen molar-refractivity contribution in [2.24, 2.45) is 50.2 Å². The second-order valence-electron chi connectivity index (χ2n) is 31.4. The minimum Gasteiger partial charge on any atom is -0.479 e. The zero-order chi connectivity index (χ0) is 71.6. The number of rotatable bonds is 17. The SMILES string of the molecule is CC(=O)O[C@@H]1[C@H](O[C@@H]2O[C@H](CO)[C@@H](O)[C@@H]2O)[C@@H](O[C@@H]2O[C@@H](C)[C@H](O[C@@H]3OC[C@@H](O)[C@H](O)[C@H]3O)[C@@H](O)[C@H]2O)[C@H](OC(=O)[C@]23CCC(C)(C)C[C@H]2C2=CC[C@@H]4[C@@]5(C)CC[C@H](O[C@@H]6O[C@H](C(=O)O)[C@@H](O)[C@H](O)[C@H]6O[C@@H]6O[C@H](CO)[C@H](O)[C@H](O)[C@H]6O)[C@@](C)(CO)[C@@H]5CC[C@@]4(C)[C@]2(C)CC3)O[C@@H]1C. The van der Waals surface area contributed by atoms with E-state index in [2.05, 4.69) is 40.7 Å². The number of carboxylic acid groups (broad SMARTS) is 1.